The zero-order chi connectivity index (χ0) is 14.9. The molecule has 0 saturated carbocycles. The summed E-state index contributed by atoms with van der Waals surface area (Å²) < 4.78 is 37.6. The maximum atomic E-state index is 12.8. The van der Waals surface area contributed by atoms with Gasteiger partial charge in [0.05, 0.1) is 19.8 Å². The van der Waals surface area contributed by atoms with Gasteiger partial charge in [0.2, 0.25) is 10.0 Å². The van der Waals surface area contributed by atoms with Crippen molar-refractivity contribution in [2.24, 2.45) is 0 Å². The molecule has 112 valence electrons. The van der Waals surface area contributed by atoms with Gasteiger partial charge in [0.15, 0.2) is 0 Å². The summed E-state index contributed by atoms with van der Waals surface area (Å²) in [5.41, 5.74) is 6.13. The Labute approximate surface area is 119 Å². The molecule has 1 fully saturated rings. The predicted molar refractivity (Wildman–Crippen MR) is 76.2 cm³/mol. The van der Waals surface area contributed by atoms with E-state index in [2.05, 4.69) is 0 Å². The Morgan fingerprint density at radius 2 is 2.10 bits per heavy atom. The SMILES string of the molecule is COc1cc(N)ccc1S(=O)(=O)N1CC(C)OCC1C. The first-order valence-corrected chi connectivity index (χ1v) is 7.87. The van der Waals surface area contributed by atoms with E-state index >= 15 is 0 Å². The van der Waals surface area contributed by atoms with Gasteiger partial charge in [-0.15, -0.1) is 0 Å². The van der Waals surface area contributed by atoms with Crippen LogP contribution in [-0.2, 0) is 14.8 Å². The van der Waals surface area contributed by atoms with Crippen molar-refractivity contribution >= 4 is 15.7 Å². The highest BCUT2D eigenvalue weighted by Crippen LogP contribution is 2.30. The molecule has 6 nitrogen and oxygen atoms in total. The molecule has 1 heterocycles. The fraction of sp³-hybridized carbons (Fsp3) is 0.538. The summed E-state index contributed by atoms with van der Waals surface area (Å²) in [7, 11) is -2.20. The molecule has 0 spiro atoms. The van der Waals surface area contributed by atoms with E-state index in [4.69, 9.17) is 15.2 Å². The zero-order valence-electron chi connectivity index (χ0n) is 11.9. The molecule has 1 aromatic carbocycles. The fourth-order valence-electron chi connectivity index (χ4n) is 2.23. The van der Waals surface area contributed by atoms with Gasteiger partial charge in [0, 0.05) is 24.3 Å². The van der Waals surface area contributed by atoms with Crippen LogP contribution in [0, 0.1) is 0 Å². The van der Waals surface area contributed by atoms with Gasteiger partial charge in [-0.3, -0.25) is 0 Å². The standard InChI is InChI=1S/C13H20N2O4S/c1-9-8-19-10(2)7-15(9)20(16,17)13-5-4-11(14)6-12(13)18-3/h4-6,9-10H,7-8,14H2,1-3H3. The zero-order valence-corrected chi connectivity index (χ0v) is 12.7. The Morgan fingerprint density at radius 1 is 1.40 bits per heavy atom. The topological polar surface area (TPSA) is 81.9 Å². The highest BCUT2D eigenvalue weighted by Gasteiger charge is 2.35. The van der Waals surface area contributed by atoms with E-state index in [0.717, 1.165) is 0 Å². The van der Waals surface area contributed by atoms with Crippen molar-refractivity contribution in [2.45, 2.75) is 30.9 Å². The van der Waals surface area contributed by atoms with Crippen molar-refractivity contribution in [3.8, 4) is 5.75 Å². The van der Waals surface area contributed by atoms with E-state index in [-0.39, 0.29) is 22.8 Å². The number of benzene rings is 1. The largest absolute Gasteiger partial charge is 0.495 e. The Kier molecular flexibility index (Phi) is 4.22. The number of anilines is 1. The van der Waals surface area contributed by atoms with E-state index < -0.39 is 10.0 Å². The van der Waals surface area contributed by atoms with Gasteiger partial charge in [-0.05, 0) is 26.0 Å². The lowest BCUT2D eigenvalue weighted by atomic mass is 10.2. The van der Waals surface area contributed by atoms with Gasteiger partial charge in [-0.1, -0.05) is 0 Å². The average Bonchev–Trinajstić information content (AvgIpc) is 2.40. The summed E-state index contributed by atoms with van der Waals surface area (Å²) in [6, 6.07) is 4.35. The molecule has 2 atom stereocenters. The lowest BCUT2D eigenvalue weighted by Gasteiger charge is -2.35. The third kappa shape index (κ3) is 2.74. The summed E-state index contributed by atoms with van der Waals surface area (Å²) in [6.45, 7) is 4.40. The first-order chi connectivity index (χ1) is 9.36. The minimum atomic E-state index is -3.63. The van der Waals surface area contributed by atoms with Crippen molar-refractivity contribution in [1.82, 2.24) is 4.31 Å². The fourth-order valence-corrected chi connectivity index (χ4v) is 4.06. The Hall–Kier alpha value is -1.31. The smallest absolute Gasteiger partial charge is 0.247 e. The van der Waals surface area contributed by atoms with E-state index in [0.29, 0.717) is 18.8 Å². The highest BCUT2D eigenvalue weighted by atomic mass is 32.2. The number of methoxy groups -OCH3 is 1. The normalized spacial score (nSPS) is 24.6. The van der Waals surface area contributed by atoms with Gasteiger partial charge >= 0.3 is 0 Å². The van der Waals surface area contributed by atoms with Crippen molar-refractivity contribution in [2.75, 3.05) is 26.0 Å². The molecular formula is C13H20N2O4S. The van der Waals surface area contributed by atoms with E-state index in [1.807, 2.05) is 13.8 Å². The Morgan fingerprint density at radius 3 is 2.75 bits per heavy atom. The molecule has 1 saturated heterocycles. The molecule has 0 aromatic heterocycles. The number of ether oxygens (including phenoxy) is 2. The summed E-state index contributed by atoms with van der Waals surface area (Å²) >= 11 is 0. The predicted octanol–water partition coefficient (Wildman–Crippen LogP) is 1.08. The molecule has 1 aliphatic heterocycles. The third-order valence-electron chi connectivity index (χ3n) is 3.32. The molecular weight excluding hydrogens is 280 g/mol. The van der Waals surface area contributed by atoms with Crippen molar-refractivity contribution in [3.63, 3.8) is 0 Å². The second kappa shape index (κ2) is 5.59. The highest BCUT2D eigenvalue weighted by molar-refractivity contribution is 7.89. The van der Waals surface area contributed by atoms with E-state index in [1.54, 1.807) is 6.07 Å². The number of hydrogen-bond donors (Lipinski definition) is 1. The molecule has 0 aliphatic carbocycles. The van der Waals surface area contributed by atoms with Gasteiger partial charge < -0.3 is 15.2 Å². The van der Waals surface area contributed by atoms with Crippen LogP contribution in [0.2, 0.25) is 0 Å². The summed E-state index contributed by atoms with van der Waals surface area (Å²) in [5.74, 6) is 0.261. The minimum absolute atomic E-state index is 0.124. The van der Waals surface area contributed by atoms with Crippen LogP contribution in [0.5, 0.6) is 5.75 Å². The number of hydrogen-bond acceptors (Lipinski definition) is 5. The number of morpholine rings is 1. The Balaban J connectivity index is 2.44. The monoisotopic (exact) mass is 300 g/mol. The summed E-state index contributed by atoms with van der Waals surface area (Å²) in [5, 5.41) is 0. The van der Waals surface area contributed by atoms with Crippen LogP contribution in [0.3, 0.4) is 0 Å². The van der Waals surface area contributed by atoms with Crippen molar-refractivity contribution in [3.05, 3.63) is 18.2 Å². The van der Waals surface area contributed by atoms with Gasteiger partial charge in [-0.25, -0.2) is 8.42 Å². The number of rotatable bonds is 3. The second-order valence-electron chi connectivity index (χ2n) is 4.98. The second-order valence-corrected chi connectivity index (χ2v) is 6.84. The maximum Gasteiger partial charge on any atom is 0.247 e. The minimum Gasteiger partial charge on any atom is -0.495 e. The molecule has 1 aromatic rings. The summed E-state index contributed by atoms with van der Waals surface area (Å²) in [6.07, 6.45) is -0.124. The number of nitrogens with two attached hydrogens (primary N) is 1. The molecule has 20 heavy (non-hydrogen) atoms. The lowest BCUT2D eigenvalue weighted by Crippen LogP contribution is -2.50. The molecule has 7 heteroatoms. The van der Waals surface area contributed by atoms with E-state index in [1.165, 1.54) is 23.5 Å². The third-order valence-corrected chi connectivity index (χ3v) is 5.34. The lowest BCUT2D eigenvalue weighted by molar-refractivity contribution is -0.0171. The van der Waals surface area contributed by atoms with Crippen LogP contribution in [0.1, 0.15) is 13.8 Å². The van der Waals surface area contributed by atoms with Crippen LogP contribution in [0.15, 0.2) is 23.1 Å². The molecule has 1 aliphatic rings. The van der Waals surface area contributed by atoms with Crippen LogP contribution in [0.4, 0.5) is 5.69 Å². The molecule has 0 amide bonds. The summed E-state index contributed by atoms with van der Waals surface area (Å²) in [4.78, 5) is 0.134. The molecule has 2 unspecified atom stereocenters. The van der Waals surface area contributed by atoms with Gasteiger partial charge in [-0.2, -0.15) is 4.31 Å². The number of nitrogens with zero attached hydrogens (tertiary/aromatic N) is 1. The first-order valence-electron chi connectivity index (χ1n) is 6.43. The van der Waals surface area contributed by atoms with Crippen molar-refractivity contribution in [1.29, 1.82) is 0 Å². The molecule has 0 radical (unpaired) electrons. The van der Waals surface area contributed by atoms with Crippen LogP contribution in [-0.4, -0.2) is 45.1 Å². The first kappa shape index (κ1) is 15.1. The van der Waals surface area contributed by atoms with Crippen LogP contribution < -0.4 is 10.5 Å². The van der Waals surface area contributed by atoms with Crippen LogP contribution >= 0.6 is 0 Å². The van der Waals surface area contributed by atoms with Crippen LogP contribution in [0.25, 0.3) is 0 Å². The number of nitrogen functional groups attached to an aromatic ring is 1. The quantitative estimate of drug-likeness (QED) is 0.845. The molecule has 2 N–H and O–H groups in total. The molecule has 0 bridgehead atoms. The Bertz CT molecular complexity index is 588. The number of sulfonamides is 1. The van der Waals surface area contributed by atoms with Gasteiger partial charge in [0.25, 0.3) is 0 Å². The molecule has 2 rings (SSSR count). The average molecular weight is 300 g/mol. The van der Waals surface area contributed by atoms with Gasteiger partial charge in [0.1, 0.15) is 10.6 Å². The maximum absolute atomic E-state index is 12.8. The van der Waals surface area contributed by atoms with E-state index in [9.17, 15) is 8.42 Å². The van der Waals surface area contributed by atoms with Crippen molar-refractivity contribution < 1.29 is 17.9 Å².